The zero-order valence-corrected chi connectivity index (χ0v) is 17.8. The molecule has 1 saturated carbocycles. The normalized spacial score (nSPS) is 14.6. The average molecular weight is 419 g/mol. The molecule has 0 N–H and O–H groups in total. The van der Waals surface area contributed by atoms with E-state index in [0.717, 1.165) is 35.6 Å². The number of aromatic nitrogens is 1. The molecule has 0 unspecified atom stereocenters. The first-order chi connectivity index (χ1) is 13.7. The number of nitrogens with zero attached hydrogens (tertiary/aromatic N) is 2. The molecule has 0 atom stereocenters. The van der Waals surface area contributed by atoms with E-state index < -0.39 is 5.97 Å². The highest BCUT2D eigenvalue weighted by Gasteiger charge is 2.27. The highest BCUT2D eigenvalue weighted by molar-refractivity contribution is 8.00. The van der Waals surface area contributed by atoms with Gasteiger partial charge in [-0.1, -0.05) is 37.5 Å². The van der Waals surface area contributed by atoms with Crippen LogP contribution in [0.2, 0.25) is 0 Å². The third-order valence-electron chi connectivity index (χ3n) is 4.78. The van der Waals surface area contributed by atoms with Crippen molar-refractivity contribution in [1.82, 2.24) is 9.88 Å². The van der Waals surface area contributed by atoms with Gasteiger partial charge in [-0.3, -0.25) is 4.79 Å². The number of benzene rings is 1. The molecular formula is C21H26N2O3S2. The Morgan fingerprint density at radius 1 is 1.21 bits per heavy atom. The second-order valence-corrected chi connectivity index (χ2v) is 8.75. The minimum absolute atomic E-state index is 0.133. The monoisotopic (exact) mass is 418 g/mol. The summed E-state index contributed by atoms with van der Waals surface area (Å²) in [7, 11) is 0. The molecule has 0 saturated heterocycles. The maximum atomic E-state index is 13.1. The van der Waals surface area contributed by atoms with Gasteiger partial charge >= 0.3 is 5.97 Å². The molecule has 28 heavy (non-hydrogen) atoms. The number of hydrogen-bond acceptors (Lipinski definition) is 6. The molecule has 7 heteroatoms. The number of thioether (sulfide) groups is 1. The molecule has 1 fully saturated rings. The van der Waals surface area contributed by atoms with Crippen LogP contribution in [0, 0.1) is 0 Å². The number of carbonyl (C=O) groups is 2. The molecule has 1 heterocycles. The van der Waals surface area contributed by atoms with E-state index in [1.165, 1.54) is 17.8 Å². The molecule has 0 bridgehead atoms. The van der Waals surface area contributed by atoms with E-state index in [4.69, 9.17) is 4.74 Å². The summed E-state index contributed by atoms with van der Waals surface area (Å²) in [6.07, 6.45) is 5.63. The van der Waals surface area contributed by atoms with Gasteiger partial charge in [-0.25, -0.2) is 9.78 Å². The Hall–Kier alpha value is -1.86. The van der Waals surface area contributed by atoms with Crippen LogP contribution < -0.4 is 0 Å². The molecule has 1 amide bonds. The molecule has 150 valence electrons. The Morgan fingerprint density at radius 3 is 2.68 bits per heavy atom. The van der Waals surface area contributed by atoms with Crippen molar-refractivity contribution in [2.24, 2.45) is 0 Å². The minimum Gasteiger partial charge on any atom is -0.461 e. The van der Waals surface area contributed by atoms with Gasteiger partial charge in [-0.2, -0.15) is 0 Å². The summed E-state index contributed by atoms with van der Waals surface area (Å²) in [6.45, 7) is 2.57. The molecule has 1 aromatic heterocycles. The molecule has 0 radical (unpaired) electrons. The number of amides is 1. The van der Waals surface area contributed by atoms with Crippen molar-refractivity contribution >= 4 is 35.0 Å². The van der Waals surface area contributed by atoms with Crippen molar-refractivity contribution in [3.63, 3.8) is 0 Å². The molecule has 1 aliphatic rings. The Bertz CT molecular complexity index is 773. The number of carbonyl (C=O) groups excluding carboxylic acids is 2. The van der Waals surface area contributed by atoms with E-state index in [0.29, 0.717) is 24.6 Å². The molecule has 3 rings (SSSR count). The Balaban J connectivity index is 1.68. The van der Waals surface area contributed by atoms with Crippen LogP contribution in [0.15, 0.2) is 40.6 Å². The van der Waals surface area contributed by atoms with E-state index in [1.54, 1.807) is 24.1 Å². The zero-order chi connectivity index (χ0) is 19.8. The zero-order valence-electron chi connectivity index (χ0n) is 16.1. The van der Waals surface area contributed by atoms with Crippen LogP contribution in [0.1, 0.15) is 54.5 Å². The van der Waals surface area contributed by atoms with Gasteiger partial charge in [0.2, 0.25) is 5.91 Å². The first kappa shape index (κ1) is 20.9. The van der Waals surface area contributed by atoms with Gasteiger partial charge in [0.25, 0.3) is 0 Å². The smallest absolute Gasteiger partial charge is 0.357 e. The third-order valence-corrected chi connectivity index (χ3v) is 6.61. The van der Waals surface area contributed by atoms with Crippen molar-refractivity contribution in [2.75, 3.05) is 12.4 Å². The molecule has 2 aromatic rings. The summed E-state index contributed by atoms with van der Waals surface area (Å²) in [4.78, 5) is 32.4. The van der Waals surface area contributed by atoms with Crippen molar-refractivity contribution in [2.45, 2.75) is 56.5 Å². The lowest BCUT2D eigenvalue weighted by Gasteiger charge is -2.34. The quantitative estimate of drug-likeness (QED) is 0.456. The summed E-state index contributed by atoms with van der Waals surface area (Å²) < 4.78 is 5.02. The summed E-state index contributed by atoms with van der Waals surface area (Å²) in [5, 5.41) is 2.50. The first-order valence-electron chi connectivity index (χ1n) is 9.76. The minimum atomic E-state index is -0.403. The van der Waals surface area contributed by atoms with E-state index in [9.17, 15) is 9.59 Å². The summed E-state index contributed by atoms with van der Waals surface area (Å²) in [6, 6.07) is 10.2. The van der Waals surface area contributed by atoms with Gasteiger partial charge in [0.05, 0.1) is 18.9 Å². The number of hydrogen-bond donors (Lipinski definition) is 0. The van der Waals surface area contributed by atoms with Gasteiger partial charge in [0, 0.05) is 16.3 Å². The standard InChI is InChI=1S/C21H26N2O3S2/c1-2-26-21(25)18-14-28-19(22-18)13-23(16-9-5-3-6-10-16)20(24)15-27-17-11-7-4-8-12-17/h4,7-8,11-12,14,16H,2-3,5-6,9-10,13,15H2,1H3. The lowest BCUT2D eigenvalue weighted by Crippen LogP contribution is -2.41. The fraction of sp³-hybridized carbons (Fsp3) is 0.476. The number of esters is 1. The van der Waals surface area contributed by atoms with Crippen LogP contribution >= 0.6 is 23.1 Å². The topological polar surface area (TPSA) is 59.5 Å². The van der Waals surface area contributed by atoms with Gasteiger partial charge in [-0.15, -0.1) is 23.1 Å². The highest BCUT2D eigenvalue weighted by atomic mass is 32.2. The maximum absolute atomic E-state index is 13.1. The van der Waals surface area contributed by atoms with Crippen LogP contribution in [0.25, 0.3) is 0 Å². The average Bonchev–Trinajstić information content (AvgIpc) is 3.21. The van der Waals surface area contributed by atoms with Crippen molar-refractivity contribution in [3.05, 3.63) is 46.4 Å². The van der Waals surface area contributed by atoms with Gasteiger partial charge in [-0.05, 0) is 31.9 Å². The maximum Gasteiger partial charge on any atom is 0.357 e. The SMILES string of the molecule is CCOC(=O)c1csc(CN(C(=O)CSc2ccccc2)C2CCCCC2)n1. The number of ether oxygens (including phenoxy) is 1. The Labute approximate surface area is 174 Å². The lowest BCUT2D eigenvalue weighted by molar-refractivity contribution is -0.132. The third kappa shape index (κ3) is 5.82. The molecule has 0 aliphatic heterocycles. The van der Waals surface area contributed by atoms with Crippen LogP contribution in [-0.2, 0) is 16.1 Å². The number of rotatable bonds is 8. The van der Waals surface area contributed by atoms with Crippen LogP contribution in [0.3, 0.4) is 0 Å². The van der Waals surface area contributed by atoms with Crippen LogP contribution in [0.4, 0.5) is 0 Å². The fourth-order valence-electron chi connectivity index (χ4n) is 3.39. The van der Waals surface area contributed by atoms with Crippen LogP contribution in [-0.4, -0.2) is 40.2 Å². The molecule has 1 aromatic carbocycles. The first-order valence-corrected chi connectivity index (χ1v) is 11.6. The summed E-state index contributed by atoms with van der Waals surface area (Å²) in [5.41, 5.74) is 0.330. The van der Waals surface area contributed by atoms with E-state index in [1.807, 2.05) is 35.2 Å². The fourth-order valence-corrected chi connectivity index (χ4v) is 4.95. The van der Waals surface area contributed by atoms with Crippen molar-refractivity contribution in [1.29, 1.82) is 0 Å². The molecule has 0 spiro atoms. The van der Waals surface area contributed by atoms with Gasteiger partial charge in [0.15, 0.2) is 5.69 Å². The molecular weight excluding hydrogens is 392 g/mol. The highest BCUT2D eigenvalue weighted by Crippen LogP contribution is 2.27. The Kier molecular flexibility index (Phi) is 7.91. The predicted octanol–water partition coefficient (Wildman–Crippen LogP) is 4.77. The van der Waals surface area contributed by atoms with Crippen LogP contribution in [0.5, 0.6) is 0 Å². The van der Waals surface area contributed by atoms with E-state index >= 15 is 0 Å². The van der Waals surface area contributed by atoms with Crippen molar-refractivity contribution in [3.8, 4) is 0 Å². The van der Waals surface area contributed by atoms with Gasteiger partial charge in [0.1, 0.15) is 5.01 Å². The largest absolute Gasteiger partial charge is 0.461 e. The summed E-state index contributed by atoms with van der Waals surface area (Å²) >= 11 is 2.98. The number of thiazole rings is 1. The van der Waals surface area contributed by atoms with Gasteiger partial charge < -0.3 is 9.64 Å². The van der Waals surface area contributed by atoms with E-state index in [-0.39, 0.29) is 11.9 Å². The lowest BCUT2D eigenvalue weighted by atomic mass is 9.94. The molecule has 1 aliphatic carbocycles. The second-order valence-electron chi connectivity index (χ2n) is 6.76. The summed E-state index contributed by atoms with van der Waals surface area (Å²) in [5.74, 6) is 0.144. The second kappa shape index (κ2) is 10.6. The van der Waals surface area contributed by atoms with E-state index in [2.05, 4.69) is 4.98 Å². The predicted molar refractivity (Wildman–Crippen MR) is 113 cm³/mol. The Morgan fingerprint density at radius 2 is 1.96 bits per heavy atom. The van der Waals surface area contributed by atoms with Crippen molar-refractivity contribution < 1.29 is 14.3 Å². The molecule has 5 nitrogen and oxygen atoms in total.